The molecule has 0 aromatic heterocycles. The van der Waals surface area contributed by atoms with E-state index in [0.29, 0.717) is 0 Å². The van der Waals surface area contributed by atoms with Crippen molar-refractivity contribution in [3.8, 4) is 33.4 Å². The van der Waals surface area contributed by atoms with E-state index in [1.165, 1.54) is 60.8 Å². The highest BCUT2D eigenvalue weighted by molar-refractivity contribution is 5.95. The number of hydrogen-bond donors (Lipinski definition) is 2. The minimum Gasteiger partial charge on any atom is -0.312 e. The zero-order valence-corrected chi connectivity index (χ0v) is 28.0. The molecule has 0 heterocycles. The smallest absolute Gasteiger partial charge is 0.0817 e. The summed E-state index contributed by atoms with van der Waals surface area (Å²) in [6, 6.07) is 58.5. The van der Waals surface area contributed by atoms with Crippen molar-refractivity contribution < 1.29 is 0 Å². The largest absolute Gasteiger partial charge is 0.312 e. The van der Waals surface area contributed by atoms with Crippen LogP contribution in [0.1, 0.15) is 53.9 Å². The Balaban J connectivity index is 1.14. The van der Waals surface area contributed by atoms with Crippen LogP contribution in [0.2, 0.25) is 0 Å². The second-order valence-electron chi connectivity index (χ2n) is 13.6. The first-order valence-corrected chi connectivity index (χ1v) is 17.1. The molecule has 2 heteroatoms. The van der Waals surface area contributed by atoms with Gasteiger partial charge in [-0.25, -0.2) is 0 Å². The van der Waals surface area contributed by atoms with Gasteiger partial charge in [0.1, 0.15) is 0 Å². The summed E-state index contributed by atoms with van der Waals surface area (Å²) >= 11 is 0. The zero-order valence-electron chi connectivity index (χ0n) is 28.0. The number of rotatable bonds is 8. The summed E-state index contributed by atoms with van der Waals surface area (Å²) in [5.41, 5.74) is 20.4. The first kappa shape index (κ1) is 30.8. The lowest BCUT2D eigenvalue weighted by atomic mass is 9.81. The average Bonchev–Trinajstić information content (AvgIpc) is 3.38. The van der Waals surface area contributed by atoms with E-state index in [-0.39, 0.29) is 17.6 Å². The predicted molar refractivity (Wildman–Crippen MR) is 207 cm³/mol. The second-order valence-corrected chi connectivity index (χ2v) is 13.6. The molecule has 238 valence electrons. The fourth-order valence-corrected chi connectivity index (χ4v) is 7.42. The lowest BCUT2D eigenvalue weighted by Gasteiger charge is -2.22. The van der Waals surface area contributed by atoms with Gasteiger partial charge < -0.3 is 5.73 Å². The van der Waals surface area contributed by atoms with E-state index >= 15 is 0 Å². The molecule has 0 spiro atoms. The zero-order chi connectivity index (χ0) is 33.4. The van der Waals surface area contributed by atoms with Crippen molar-refractivity contribution in [3.63, 3.8) is 0 Å². The molecule has 3 N–H and O–H groups in total. The molecule has 0 aliphatic heterocycles. The van der Waals surface area contributed by atoms with Gasteiger partial charge in [0.15, 0.2) is 0 Å². The van der Waals surface area contributed by atoms with E-state index < -0.39 is 0 Å². The van der Waals surface area contributed by atoms with Gasteiger partial charge in [0, 0.05) is 5.41 Å². The van der Waals surface area contributed by atoms with Crippen LogP contribution in [0.3, 0.4) is 0 Å². The van der Waals surface area contributed by atoms with Crippen LogP contribution in [0.25, 0.3) is 50.2 Å². The molecule has 0 amide bonds. The van der Waals surface area contributed by atoms with Gasteiger partial charge in [-0.1, -0.05) is 178 Å². The molecule has 0 saturated carbocycles. The Labute approximate surface area is 289 Å². The maximum atomic E-state index is 6.78. The third kappa shape index (κ3) is 5.91. The predicted octanol–water partition coefficient (Wildman–Crippen LogP) is 11.5. The Hall–Kier alpha value is -5.54. The Bertz CT molecular complexity index is 2270. The third-order valence-corrected chi connectivity index (χ3v) is 10.2. The average molecular weight is 633 g/mol. The summed E-state index contributed by atoms with van der Waals surface area (Å²) in [5, 5.41) is 6.28. The Kier molecular flexibility index (Phi) is 8.05. The molecule has 2 unspecified atom stereocenters. The molecular weight excluding hydrogens is 593 g/mol. The van der Waals surface area contributed by atoms with Gasteiger partial charge in [-0.05, 0) is 84.1 Å². The maximum absolute atomic E-state index is 6.78. The highest BCUT2D eigenvalue weighted by Gasteiger charge is 2.36. The van der Waals surface area contributed by atoms with Gasteiger partial charge in [-0.15, -0.1) is 0 Å². The lowest BCUT2D eigenvalue weighted by molar-refractivity contribution is 0.509. The van der Waals surface area contributed by atoms with Crippen molar-refractivity contribution in [3.05, 3.63) is 198 Å². The van der Waals surface area contributed by atoms with Crippen LogP contribution in [-0.4, -0.2) is 0 Å². The summed E-state index contributed by atoms with van der Waals surface area (Å²) in [5.74, 6) is 0. The summed E-state index contributed by atoms with van der Waals surface area (Å²) in [6.07, 6.45) is 4.23. The first-order valence-electron chi connectivity index (χ1n) is 17.1. The fraction of sp³-hybridized carbons (Fsp3) is 0.106. The Morgan fingerprint density at radius 2 is 1.08 bits per heavy atom. The van der Waals surface area contributed by atoms with Crippen LogP contribution < -0.4 is 11.1 Å². The van der Waals surface area contributed by atoms with Gasteiger partial charge in [0.05, 0.1) is 12.2 Å². The Morgan fingerprint density at radius 1 is 0.531 bits per heavy atom. The number of benzene rings is 7. The minimum atomic E-state index is -0.325. The summed E-state index contributed by atoms with van der Waals surface area (Å²) < 4.78 is 0. The van der Waals surface area contributed by atoms with Crippen LogP contribution in [0.5, 0.6) is 0 Å². The summed E-state index contributed by atoms with van der Waals surface area (Å²) in [6.45, 7) is 4.69. The van der Waals surface area contributed by atoms with Gasteiger partial charge in [0.2, 0.25) is 0 Å². The van der Waals surface area contributed by atoms with Crippen molar-refractivity contribution in [2.75, 3.05) is 0 Å². The van der Waals surface area contributed by atoms with Gasteiger partial charge in [-0.2, -0.15) is 0 Å². The minimum absolute atomic E-state index is 0.0823. The van der Waals surface area contributed by atoms with E-state index in [1.807, 2.05) is 18.2 Å². The number of hydrogen-bond acceptors (Lipinski definition) is 2. The van der Waals surface area contributed by atoms with Crippen LogP contribution in [0.15, 0.2) is 170 Å². The molecule has 8 rings (SSSR count). The van der Waals surface area contributed by atoms with Crippen LogP contribution >= 0.6 is 0 Å². The molecule has 0 saturated heterocycles. The highest BCUT2D eigenvalue weighted by Crippen LogP contribution is 2.51. The highest BCUT2D eigenvalue weighted by atomic mass is 15.0. The summed E-state index contributed by atoms with van der Waals surface area (Å²) in [4.78, 5) is 0. The topological polar surface area (TPSA) is 38.0 Å². The standard InChI is InChI=1S/C47H40N2/c1-47(2)42-19-11-18-37(45(42)41-30-39-16-9-10-17-40(39)31-43(41)47)28-29-44(49-46(48)38-14-7-4-8-15-38)36-26-24-35(25-27-36)34-22-20-33(21-23-34)32-12-5-3-6-13-32/h3-31,44,46,49H,48H2,1-2H3/b29-28+. The van der Waals surface area contributed by atoms with Crippen molar-refractivity contribution in [2.24, 2.45) is 5.73 Å². The Morgan fingerprint density at radius 3 is 1.73 bits per heavy atom. The number of nitrogens with one attached hydrogen (secondary N) is 1. The second kappa shape index (κ2) is 12.8. The maximum Gasteiger partial charge on any atom is 0.0817 e. The number of nitrogens with two attached hydrogens (primary N) is 1. The third-order valence-electron chi connectivity index (χ3n) is 10.2. The van der Waals surface area contributed by atoms with Crippen LogP contribution in [0, 0.1) is 0 Å². The first-order chi connectivity index (χ1) is 24.0. The van der Waals surface area contributed by atoms with Gasteiger partial charge in [-0.3, -0.25) is 5.32 Å². The van der Waals surface area contributed by atoms with E-state index in [4.69, 9.17) is 5.73 Å². The molecule has 2 nitrogen and oxygen atoms in total. The molecule has 7 aromatic rings. The van der Waals surface area contributed by atoms with Crippen LogP contribution in [-0.2, 0) is 5.41 Å². The van der Waals surface area contributed by atoms with E-state index in [0.717, 1.165) is 11.1 Å². The van der Waals surface area contributed by atoms with Crippen molar-refractivity contribution in [1.29, 1.82) is 0 Å². The van der Waals surface area contributed by atoms with Gasteiger partial charge >= 0.3 is 0 Å². The quantitative estimate of drug-likeness (QED) is 0.164. The molecule has 0 radical (unpaired) electrons. The molecule has 1 aliphatic rings. The van der Waals surface area contributed by atoms with E-state index in [9.17, 15) is 0 Å². The normalized spacial score (nSPS) is 14.4. The van der Waals surface area contributed by atoms with Crippen molar-refractivity contribution >= 4 is 16.8 Å². The molecule has 0 bridgehead atoms. The molecule has 2 atom stereocenters. The monoisotopic (exact) mass is 632 g/mol. The molecule has 1 aliphatic carbocycles. The van der Waals surface area contributed by atoms with E-state index in [2.05, 4.69) is 177 Å². The lowest BCUT2D eigenvalue weighted by Crippen LogP contribution is -2.31. The van der Waals surface area contributed by atoms with Gasteiger partial charge in [0.25, 0.3) is 0 Å². The number of fused-ring (bicyclic) bond motifs is 4. The van der Waals surface area contributed by atoms with Crippen molar-refractivity contribution in [1.82, 2.24) is 5.32 Å². The summed E-state index contributed by atoms with van der Waals surface area (Å²) in [7, 11) is 0. The van der Waals surface area contributed by atoms with Crippen LogP contribution in [0.4, 0.5) is 0 Å². The van der Waals surface area contributed by atoms with E-state index in [1.54, 1.807) is 0 Å². The SMILES string of the molecule is CC1(C)c2cc3ccccc3cc2-c2c(/C=C/C(NC(N)c3ccccc3)c3ccc(-c4ccc(-c5ccccc5)cc4)cc3)cccc21. The molecule has 0 fully saturated rings. The van der Waals surface area contributed by atoms with Crippen molar-refractivity contribution in [2.45, 2.75) is 31.5 Å². The molecule has 7 aromatic carbocycles. The molecule has 49 heavy (non-hydrogen) atoms. The fourth-order valence-electron chi connectivity index (χ4n) is 7.42. The molecular formula is C47H40N2.